The highest BCUT2D eigenvalue weighted by Crippen LogP contribution is 2.12. The van der Waals surface area contributed by atoms with Crippen LogP contribution in [0.4, 0.5) is 0 Å². The van der Waals surface area contributed by atoms with E-state index in [9.17, 15) is 9.59 Å². The number of aromatic nitrogens is 1. The molecular formula is C35H53NO4. The highest BCUT2D eigenvalue weighted by atomic mass is 16.5. The van der Waals surface area contributed by atoms with Crippen molar-refractivity contribution in [2.24, 2.45) is 0 Å². The third-order valence-corrected chi connectivity index (χ3v) is 5.98. The minimum Gasteiger partial charge on any atom is -0.462 e. The standard InChI is InChI=1S/C18H34O2.C11H12O2.C6H7N/c1-4-5-6-7-8-9-10-11-12-13-14-15-16-20-18(19)17(2)3;1-9(2)11(12)13-8-10-6-4-3-5-7-10;1-2-7-5-3-4-6-7/h2,4-16H2,1,3H3;3-7H,1,8H2,2H3;2-6H,1H2. The molecule has 1 aromatic carbocycles. The van der Waals surface area contributed by atoms with Gasteiger partial charge in [-0.3, -0.25) is 0 Å². The van der Waals surface area contributed by atoms with Gasteiger partial charge in [0.2, 0.25) is 0 Å². The molecule has 0 fully saturated rings. The smallest absolute Gasteiger partial charge is 0.333 e. The summed E-state index contributed by atoms with van der Waals surface area (Å²) in [5, 5.41) is 0. The van der Waals surface area contributed by atoms with Crippen LogP contribution >= 0.6 is 0 Å². The maximum Gasteiger partial charge on any atom is 0.333 e. The molecule has 0 amide bonds. The first-order chi connectivity index (χ1) is 19.3. The van der Waals surface area contributed by atoms with Gasteiger partial charge in [-0.15, -0.1) is 0 Å². The van der Waals surface area contributed by atoms with E-state index in [4.69, 9.17) is 9.47 Å². The number of carbonyl (C=O) groups excluding carboxylic acids is 2. The second-order valence-corrected chi connectivity index (χ2v) is 9.96. The Morgan fingerprint density at radius 2 is 1.15 bits per heavy atom. The summed E-state index contributed by atoms with van der Waals surface area (Å²) in [4.78, 5) is 22.1. The number of unbranched alkanes of at least 4 members (excludes halogenated alkanes) is 11. The number of benzene rings is 1. The molecule has 0 aliphatic carbocycles. The van der Waals surface area contributed by atoms with E-state index >= 15 is 0 Å². The van der Waals surface area contributed by atoms with E-state index in [1.807, 2.05) is 59.4 Å². The molecule has 0 aliphatic rings. The summed E-state index contributed by atoms with van der Waals surface area (Å²) in [6, 6.07) is 13.5. The Labute approximate surface area is 244 Å². The molecule has 0 unspecified atom stereocenters. The second-order valence-electron chi connectivity index (χ2n) is 9.96. The number of nitrogens with zero attached hydrogens (tertiary/aromatic N) is 1. The average molecular weight is 552 g/mol. The number of esters is 2. The van der Waals surface area contributed by atoms with Gasteiger partial charge in [-0.1, -0.05) is 128 Å². The second kappa shape index (κ2) is 25.9. The first kappa shape index (κ1) is 36.7. The van der Waals surface area contributed by atoms with Crippen molar-refractivity contribution in [2.75, 3.05) is 6.61 Å². The third kappa shape index (κ3) is 22.6. The summed E-state index contributed by atoms with van der Waals surface area (Å²) in [5.41, 5.74) is 1.90. The van der Waals surface area contributed by atoms with Gasteiger partial charge in [0, 0.05) is 29.7 Å². The Bertz CT molecular complexity index is 932. The van der Waals surface area contributed by atoms with Crippen LogP contribution in [0.1, 0.15) is 103 Å². The number of carbonyl (C=O) groups is 2. The van der Waals surface area contributed by atoms with E-state index in [1.165, 1.54) is 70.6 Å². The van der Waals surface area contributed by atoms with E-state index in [-0.39, 0.29) is 11.9 Å². The van der Waals surface area contributed by atoms with Gasteiger partial charge in [0.1, 0.15) is 6.61 Å². The van der Waals surface area contributed by atoms with Crippen LogP contribution in [0.3, 0.4) is 0 Å². The highest BCUT2D eigenvalue weighted by Gasteiger charge is 2.03. The van der Waals surface area contributed by atoms with Crippen LogP contribution in [0.5, 0.6) is 0 Å². The molecule has 0 atom stereocenters. The third-order valence-electron chi connectivity index (χ3n) is 5.98. The van der Waals surface area contributed by atoms with Gasteiger partial charge in [-0.05, 0) is 38.0 Å². The van der Waals surface area contributed by atoms with Crippen LogP contribution in [0.2, 0.25) is 0 Å². The Morgan fingerprint density at radius 1 is 0.700 bits per heavy atom. The highest BCUT2D eigenvalue weighted by molar-refractivity contribution is 5.87. The topological polar surface area (TPSA) is 57.5 Å². The van der Waals surface area contributed by atoms with E-state index in [0.717, 1.165) is 12.0 Å². The van der Waals surface area contributed by atoms with Crippen LogP contribution in [0.25, 0.3) is 6.20 Å². The molecule has 0 saturated heterocycles. The molecule has 40 heavy (non-hydrogen) atoms. The van der Waals surface area contributed by atoms with E-state index < -0.39 is 0 Å². The minimum atomic E-state index is -0.344. The summed E-state index contributed by atoms with van der Waals surface area (Å²) in [6.07, 6.45) is 21.5. The van der Waals surface area contributed by atoms with Crippen molar-refractivity contribution in [3.8, 4) is 0 Å². The summed E-state index contributed by atoms with van der Waals surface area (Å²) in [5.74, 6) is -0.600. The molecule has 0 radical (unpaired) electrons. The van der Waals surface area contributed by atoms with Crippen molar-refractivity contribution in [3.63, 3.8) is 0 Å². The molecule has 1 aromatic heterocycles. The lowest BCUT2D eigenvalue weighted by atomic mass is 10.1. The number of ether oxygens (including phenoxy) is 2. The van der Waals surface area contributed by atoms with Crippen molar-refractivity contribution in [2.45, 2.75) is 104 Å². The number of hydrogen-bond acceptors (Lipinski definition) is 4. The molecule has 2 rings (SSSR count). The zero-order chi connectivity index (χ0) is 29.8. The maximum absolute atomic E-state index is 11.1. The van der Waals surface area contributed by atoms with Crippen LogP contribution < -0.4 is 0 Å². The monoisotopic (exact) mass is 551 g/mol. The van der Waals surface area contributed by atoms with E-state index in [1.54, 1.807) is 20.0 Å². The first-order valence-corrected chi connectivity index (χ1v) is 14.8. The summed E-state index contributed by atoms with van der Waals surface area (Å²) >= 11 is 0. The quantitative estimate of drug-likeness (QED) is 0.105. The lowest BCUT2D eigenvalue weighted by Crippen LogP contribution is -2.05. The Kier molecular flexibility index (Phi) is 23.7. The van der Waals surface area contributed by atoms with Crippen molar-refractivity contribution >= 4 is 18.1 Å². The summed E-state index contributed by atoms with van der Waals surface area (Å²) in [7, 11) is 0. The lowest BCUT2D eigenvalue weighted by Gasteiger charge is -2.04. The fraction of sp³-hybridized carbons (Fsp3) is 0.486. The van der Waals surface area contributed by atoms with E-state index in [0.29, 0.717) is 24.4 Å². The van der Waals surface area contributed by atoms with Gasteiger partial charge < -0.3 is 14.0 Å². The predicted molar refractivity (Wildman–Crippen MR) is 169 cm³/mol. The molecule has 0 saturated carbocycles. The maximum atomic E-state index is 11.1. The molecule has 0 spiro atoms. The minimum absolute atomic E-state index is 0.256. The Morgan fingerprint density at radius 3 is 1.57 bits per heavy atom. The predicted octanol–water partition coefficient (Wildman–Crippen LogP) is 9.70. The Hall–Kier alpha value is -3.34. The molecule has 5 nitrogen and oxygen atoms in total. The van der Waals surface area contributed by atoms with Crippen LogP contribution in [-0.4, -0.2) is 23.1 Å². The van der Waals surface area contributed by atoms with Gasteiger partial charge in [0.05, 0.1) is 6.61 Å². The van der Waals surface area contributed by atoms with Crippen molar-refractivity contribution in [1.82, 2.24) is 4.57 Å². The molecule has 1 heterocycles. The van der Waals surface area contributed by atoms with Crippen LogP contribution in [0.15, 0.2) is 85.7 Å². The number of rotatable bonds is 18. The lowest BCUT2D eigenvalue weighted by molar-refractivity contribution is -0.140. The molecular weight excluding hydrogens is 498 g/mol. The largest absolute Gasteiger partial charge is 0.462 e. The number of hydrogen-bond donors (Lipinski definition) is 0. The zero-order valence-electron chi connectivity index (χ0n) is 25.4. The van der Waals surface area contributed by atoms with Gasteiger partial charge in [-0.25, -0.2) is 9.59 Å². The van der Waals surface area contributed by atoms with Gasteiger partial charge in [0.25, 0.3) is 0 Å². The SMILES string of the molecule is C=C(C)C(=O)OCCCCCCCCCCCCCC.C=C(C)C(=O)OCc1ccccc1.C=Cn1cccc1. The molecule has 5 heteroatoms. The van der Waals surface area contributed by atoms with E-state index in [2.05, 4.69) is 26.7 Å². The molecule has 2 aromatic rings. The van der Waals surface area contributed by atoms with Gasteiger partial charge >= 0.3 is 11.9 Å². The van der Waals surface area contributed by atoms with Gasteiger partial charge in [0.15, 0.2) is 0 Å². The molecule has 0 aliphatic heterocycles. The van der Waals surface area contributed by atoms with Crippen LogP contribution in [-0.2, 0) is 25.7 Å². The normalized spacial score (nSPS) is 9.78. The molecule has 222 valence electrons. The average Bonchev–Trinajstić information content (AvgIpc) is 3.49. The summed E-state index contributed by atoms with van der Waals surface area (Å²) < 4.78 is 11.9. The summed E-state index contributed by atoms with van der Waals surface area (Å²) in [6.45, 7) is 17.1. The van der Waals surface area contributed by atoms with Crippen molar-refractivity contribution in [3.05, 3.63) is 91.3 Å². The fourth-order valence-electron chi connectivity index (χ4n) is 3.55. The van der Waals surface area contributed by atoms with Crippen LogP contribution in [0, 0.1) is 0 Å². The molecule has 0 N–H and O–H groups in total. The zero-order valence-corrected chi connectivity index (χ0v) is 25.4. The van der Waals surface area contributed by atoms with Crippen molar-refractivity contribution in [1.29, 1.82) is 0 Å². The fourth-order valence-corrected chi connectivity index (χ4v) is 3.55. The first-order valence-electron chi connectivity index (χ1n) is 14.8. The van der Waals surface area contributed by atoms with Crippen molar-refractivity contribution < 1.29 is 19.1 Å². The van der Waals surface area contributed by atoms with Gasteiger partial charge in [-0.2, -0.15) is 0 Å². The Balaban J connectivity index is 0.000000641. The molecule has 0 bridgehead atoms.